The predicted octanol–water partition coefficient (Wildman–Crippen LogP) is 4.31. The number of rotatable bonds is 3. The first kappa shape index (κ1) is 13.1. The third kappa shape index (κ3) is 3.12. The predicted molar refractivity (Wildman–Crippen MR) is 74.3 cm³/mol. The van der Waals surface area contributed by atoms with Crippen molar-refractivity contribution in [2.75, 3.05) is 0 Å². The average molecular weight is 261 g/mol. The van der Waals surface area contributed by atoms with Gasteiger partial charge in [0.2, 0.25) is 0 Å². The van der Waals surface area contributed by atoms with Crippen LogP contribution in [0.15, 0.2) is 52.3 Å². The Bertz CT molecular complexity index is 535. The smallest absolute Gasteiger partial charge is 0.137 e. The van der Waals surface area contributed by atoms with Gasteiger partial charge < -0.3 is 5.73 Å². The van der Waals surface area contributed by atoms with Gasteiger partial charge in [0.25, 0.3) is 0 Å². The van der Waals surface area contributed by atoms with Crippen molar-refractivity contribution in [3.8, 4) is 0 Å². The average Bonchev–Trinajstić information content (AvgIpc) is 2.34. The van der Waals surface area contributed by atoms with E-state index in [4.69, 9.17) is 5.73 Å². The molecule has 0 aliphatic heterocycles. The van der Waals surface area contributed by atoms with Crippen molar-refractivity contribution in [3.63, 3.8) is 0 Å². The molecule has 2 aromatic rings. The van der Waals surface area contributed by atoms with Gasteiger partial charge in [-0.15, -0.1) is 0 Å². The molecule has 2 N–H and O–H groups in total. The summed E-state index contributed by atoms with van der Waals surface area (Å²) in [6.07, 6.45) is 0. The van der Waals surface area contributed by atoms with Crippen LogP contribution in [-0.2, 0) is 0 Å². The Morgan fingerprint density at radius 2 is 1.78 bits per heavy atom. The number of halogens is 1. The quantitative estimate of drug-likeness (QED) is 0.891. The molecule has 1 atom stereocenters. The highest BCUT2D eigenvalue weighted by atomic mass is 32.2. The second-order valence-electron chi connectivity index (χ2n) is 4.39. The van der Waals surface area contributed by atoms with Crippen LogP contribution < -0.4 is 5.73 Å². The van der Waals surface area contributed by atoms with E-state index in [2.05, 4.69) is 0 Å². The van der Waals surface area contributed by atoms with E-state index >= 15 is 0 Å². The molecule has 18 heavy (non-hydrogen) atoms. The summed E-state index contributed by atoms with van der Waals surface area (Å²) in [6.45, 7) is 3.88. The molecule has 0 radical (unpaired) electrons. The molecular weight excluding hydrogens is 245 g/mol. The molecule has 0 bridgehead atoms. The van der Waals surface area contributed by atoms with Gasteiger partial charge in [-0.25, -0.2) is 4.39 Å². The van der Waals surface area contributed by atoms with E-state index < -0.39 is 0 Å². The van der Waals surface area contributed by atoms with E-state index in [0.29, 0.717) is 4.90 Å². The molecule has 2 aromatic carbocycles. The lowest BCUT2D eigenvalue weighted by atomic mass is 10.1. The standard InChI is InChI=1S/C15H16FNS/c1-10-3-6-13(7-4-10)18-15-8-5-12(11(2)17)9-14(15)16/h3-9,11H,17H2,1-2H3/t11-/m0/s1. The molecule has 0 spiro atoms. The summed E-state index contributed by atoms with van der Waals surface area (Å²) >= 11 is 1.43. The molecule has 94 valence electrons. The first-order chi connectivity index (χ1) is 8.56. The van der Waals surface area contributed by atoms with Crippen LogP contribution in [0.3, 0.4) is 0 Å². The molecule has 0 heterocycles. The highest BCUT2D eigenvalue weighted by Gasteiger charge is 2.07. The number of nitrogens with two attached hydrogens (primary N) is 1. The Morgan fingerprint density at radius 3 is 2.33 bits per heavy atom. The number of hydrogen-bond acceptors (Lipinski definition) is 2. The van der Waals surface area contributed by atoms with E-state index in [-0.39, 0.29) is 11.9 Å². The maximum atomic E-state index is 13.9. The molecule has 1 nitrogen and oxygen atoms in total. The Hall–Kier alpha value is -1.32. The Labute approximate surface area is 111 Å². The van der Waals surface area contributed by atoms with Crippen LogP contribution in [0, 0.1) is 12.7 Å². The Kier molecular flexibility index (Phi) is 4.04. The van der Waals surface area contributed by atoms with E-state index in [1.54, 1.807) is 6.07 Å². The van der Waals surface area contributed by atoms with Crippen LogP contribution in [0.25, 0.3) is 0 Å². The molecular formula is C15H16FNS. The maximum Gasteiger partial charge on any atom is 0.137 e. The second kappa shape index (κ2) is 5.55. The molecule has 0 fully saturated rings. The fourth-order valence-electron chi connectivity index (χ4n) is 1.62. The molecule has 0 unspecified atom stereocenters. The van der Waals surface area contributed by atoms with Crippen LogP contribution in [0.5, 0.6) is 0 Å². The molecule has 0 saturated heterocycles. The lowest BCUT2D eigenvalue weighted by molar-refractivity contribution is 0.596. The minimum atomic E-state index is -0.213. The Balaban J connectivity index is 2.22. The first-order valence-electron chi connectivity index (χ1n) is 5.86. The van der Waals surface area contributed by atoms with Gasteiger partial charge in [-0.2, -0.15) is 0 Å². The molecule has 0 saturated carbocycles. The lowest BCUT2D eigenvalue weighted by Gasteiger charge is -2.08. The zero-order valence-electron chi connectivity index (χ0n) is 10.5. The van der Waals surface area contributed by atoms with Gasteiger partial charge in [0.1, 0.15) is 5.82 Å². The summed E-state index contributed by atoms with van der Waals surface area (Å²) in [6, 6.07) is 13.1. The van der Waals surface area contributed by atoms with Crippen LogP contribution in [0.1, 0.15) is 24.1 Å². The van der Waals surface area contributed by atoms with E-state index in [0.717, 1.165) is 10.5 Å². The van der Waals surface area contributed by atoms with Crippen LogP contribution >= 0.6 is 11.8 Å². The van der Waals surface area contributed by atoms with Crippen molar-refractivity contribution in [2.45, 2.75) is 29.7 Å². The molecule has 0 aliphatic carbocycles. The third-order valence-corrected chi connectivity index (χ3v) is 3.79. The molecule has 0 amide bonds. The van der Waals surface area contributed by atoms with Crippen molar-refractivity contribution in [1.82, 2.24) is 0 Å². The fourth-order valence-corrected chi connectivity index (χ4v) is 2.43. The maximum absolute atomic E-state index is 13.9. The van der Waals surface area contributed by atoms with Gasteiger partial charge in [0.15, 0.2) is 0 Å². The highest BCUT2D eigenvalue weighted by Crippen LogP contribution is 2.31. The van der Waals surface area contributed by atoms with Crippen LogP contribution in [0.4, 0.5) is 4.39 Å². The van der Waals surface area contributed by atoms with Crippen molar-refractivity contribution < 1.29 is 4.39 Å². The van der Waals surface area contributed by atoms with Gasteiger partial charge in [0.05, 0.1) is 0 Å². The van der Waals surface area contributed by atoms with Crippen LogP contribution in [0.2, 0.25) is 0 Å². The minimum absolute atomic E-state index is 0.141. The molecule has 3 heteroatoms. The SMILES string of the molecule is Cc1ccc(Sc2ccc([C@H](C)N)cc2F)cc1. The molecule has 0 aliphatic rings. The number of benzene rings is 2. The summed E-state index contributed by atoms with van der Waals surface area (Å²) in [4.78, 5) is 1.66. The van der Waals surface area contributed by atoms with Crippen molar-refractivity contribution >= 4 is 11.8 Å². The van der Waals surface area contributed by atoms with E-state index in [1.807, 2.05) is 44.2 Å². The fraction of sp³-hybridized carbons (Fsp3) is 0.200. The summed E-state index contributed by atoms with van der Waals surface area (Å²) in [5, 5.41) is 0. The monoisotopic (exact) mass is 261 g/mol. The first-order valence-corrected chi connectivity index (χ1v) is 6.67. The zero-order valence-corrected chi connectivity index (χ0v) is 11.3. The molecule has 0 aromatic heterocycles. The molecule has 2 rings (SSSR count). The van der Waals surface area contributed by atoms with Crippen molar-refractivity contribution in [2.24, 2.45) is 5.73 Å². The van der Waals surface area contributed by atoms with Crippen molar-refractivity contribution in [1.29, 1.82) is 0 Å². The summed E-state index contributed by atoms with van der Waals surface area (Å²) in [5.41, 5.74) is 7.75. The van der Waals surface area contributed by atoms with Gasteiger partial charge in [-0.3, -0.25) is 0 Å². The van der Waals surface area contributed by atoms with Gasteiger partial charge in [-0.1, -0.05) is 35.5 Å². The van der Waals surface area contributed by atoms with Gasteiger partial charge in [0, 0.05) is 15.8 Å². The minimum Gasteiger partial charge on any atom is -0.324 e. The summed E-state index contributed by atoms with van der Waals surface area (Å²) in [7, 11) is 0. The summed E-state index contributed by atoms with van der Waals surface area (Å²) in [5.74, 6) is -0.213. The van der Waals surface area contributed by atoms with E-state index in [1.165, 1.54) is 23.4 Å². The second-order valence-corrected chi connectivity index (χ2v) is 5.51. The van der Waals surface area contributed by atoms with E-state index in [9.17, 15) is 4.39 Å². The van der Waals surface area contributed by atoms with Crippen molar-refractivity contribution in [3.05, 3.63) is 59.4 Å². The zero-order chi connectivity index (χ0) is 13.1. The largest absolute Gasteiger partial charge is 0.324 e. The topological polar surface area (TPSA) is 26.0 Å². The summed E-state index contributed by atoms with van der Waals surface area (Å²) < 4.78 is 13.9. The normalized spacial score (nSPS) is 12.4. The number of aryl methyl sites for hydroxylation is 1. The Morgan fingerprint density at radius 1 is 1.11 bits per heavy atom. The van der Waals surface area contributed by atoms with Crippen LogP contribution in [-0.4, -0.2) is 0 Å². The number of hydrogen-bond donors (Lipinski definition) is 1. The third-order valence-electron chi connectivity index (χ3n) is 2.73. The van der Waals surface area contributed by atoms with Gasteiger partial charge >= 0.3 is 0 Å². The van der Waals surface area contributed by atoms with Gasteiger partial charge in [-0.05, 0) is 43.7 Å². The lowest BCUT2D eigenvalue weighted by Crippen LogP contribution is -2.05. The highest BCUT2D eigenvalue weighted by molar-refractivity contribution is 7.99.